The van der Waals surface area contributed by atoms with Crippen LogP contribution in [0.3, 0.4) is 0 Å². The second-order valence-electron chi connectivity index (χ2n) is 7.56. The first-order chi connectivity index (χ1) is 17.2. The molecule has 37 heavy (non-hydrogen) atoms. The Morgan fingerprint density at radius 3 is 1.97 bits per heavy atom. The Morgan fingerprint density at radius 1 is 0.811 bits per heavy atom. The Kier molecular flexibility index (Phi) is 8.12. The van der Waals surface area contributed by atoms with Gasteiger partial charge in [0, 0.05) is 24.5 Å². The van der Waals surface area contributed by atoms with E-state index in [1.807, 2.05) is 0 Å². The highest BCUT2D eigenvalue weighted by Gasteiger charge is 2.32. The maximum Gasteiger partial charge on any atom is 0.416 e. The quantitative estimate of drug-likeness (QED) is 0.362. The third kappa shape index (κ3) is 7.43. The number of anilines is 2. The number of alkyl halides is 6. The molecule has 0 aromatic heterocycles. The SMILES string of the molecule is O=C(Nc1cccc(C(F)(F)F)c1)N(CCNS(=O)(=O)c1cccc(C(F)(F)F)c1)c1ccc(F)cc1. The van der Waals surface area contributed by atoms with Crippen molar-refractivity contribution in [3.05, 3.63) is 89.7 Å². The Morgan fingerprint density at radius 2 is 1.38 bits per heavy atom. The van der Waals surface area contributed by atoms with Gasteiger partial charge in [-0.3, -0.25) is 4.90 Å². The summed E-state index contributed by atoms with van der Waals surface area (Å²) in [6.07, 6.45) is -9.44. The van der Waals surface area contributed by atoms with Crippen molar-refractivity contribution in [3.63, 3.8) is 0 Å². The van der Waals surface area contributed by atoms with Crippen LogP contribution in [0.25, 0.3) is 0 Å². The second-order valence-corrected chi connectivity index (χ2v) is 9.33. The summed E-state index contributed by atoms with van der Waals surface area (Å²) < 4.78 is 118. The summed E-state index contributed by atoms with van der Waals surface area (Å²) in [7, 11) is -4.43. The zero-order valence-corrected chi connectivity index (χ0v) is 19.4. The van der Waals surface area contributed by atoms with Gasteiger partial charge in [0.15, 0.2) is 0 Å². The van der Waals surface area contributed by atoms with Crippen molar-refractivity contribution < 1.29 is 43.9 Å². The molecule has 0 aliphatic carbocycles. The molecule has 0 spiro atoms. The van der Waals surface area contributed by atoms with Crippen LogP contribution in [0.2, 0.25) is 0 Å². The molecule has 0 atom stereocenters. The molecular weight excluding hydrogens is 531 g/mol. The predicted octanol–water partition coefficient (Wildman–Crippen LogP) is 5.88. The lowest BCUT2D eigenvalue weighted by Gasteiger charge is -2.24. The topological polar surface area (TPSA) is 78.5 Å². The fourth-order valence-corrected chi connectivity index (χ4v) is 4.21. The molecule has 0 fully saturated rings. The minimum absolute atomic E-state index is 0.0733. The van der Waals surface area contributed by atoms with Crippen LogP contribution >= 0.6 is 0 Å². The van der Waals surface area contributed by atoms with E-state index in [1.54, 1.807) is 0 Å². The van der Waals surface area contributed by atoms with Crippen LogP contribution in [-0.4, -0.2) is 27.5 Å². The van der Waals surface area contributed by atoms with Crippen molar-refractivity contribution >= 4 is 27.4 Å². The number of amides is 2. The van der Waals surface area contributed by atoms with E-state index in [0.29, 0.717) is 18.2 Å². The molecule has 0 aliphatic heterocycles. The minimum Gasteiger partial charge on any atom is -0.308 e. The zero-order chi connectivity index (χ0) is 27.4. The highest BCUT2D eigenvalue weighted by atomic mass is 32.2. The van der Waals surface area contributed by atoms with Gasteiger partial charge in [-0.2, -0.15) is 26.3 Å². The summed E-state index contributed by atoms with van der Waals surface area (Å²) in [4.78, 5) is 13.1. The van der Waals surface area contributed by atoms with Gasteiger partial charge in [0.05, 0.1) is 16.0 Å². The van der Waals surface area contributed by atoms with E-state index in [-0.39, 0.29) is 11.4 Å². The maximum absolute atomic E-state index is 13.4. The standard InChI is InChI=1S/C23H18F7N3O3S/c24-17-7-9-19(10-8-17)33(21(34)32-18-5-1-3-15(13-18)22(25,26)27)12-11-31-37(35,36)20-6-2-4-16(14-20)23(28,29)30/h1-10,13-14,31H,11-12H2,(H,32,34). The molecule has 3 rings (SSSR count). The third-order valence-corrected chi connectivity index (χ3v) is 6.38. The number of carbonyl (C=O) groups is 1. The van der Waals surface area contributed by atoms with Crippen LogP contribution in [0.5, 0.6) is 0 Å². The highest BCUT2D eigenvalue weighted by molar-refractivity contribution is 7.89. The van der Waals surface area contributed by atoms with Crippen molar-refractivity contribution in [2.45, 2.75) is 17.2 Å². The lowest BCUT2D eigenvalue weighted by atomic mass is 10.2. The van der Waals surface area contributed by atoms with Gasteiger partial charge in [-0.05, 0) is 60.7 Å². The Hall–Kier alpha value is -3.65. The fourth-order valence-electron chi connectivity index (χ4n) is 3.15. The first-order valence-corrected chi connectivity index (χ1v) is 11.8. The number of hydrogen-bond donors (Lipinski definition) is 2. The number of urea groups is 1. The van der Waals surface area contributed by atoms with Crippen molar-refractivity contribution in [2.75, 3.05) is 23.3 Å². The molecular formula is C23H18F7N3O3S. The lowest BCUT2D eigenvalue weighted by Crippen LogP contribution is -2.41. The van der Waals surface area contributed by atoms with Gasteiger partial charge < -0.3 is 5.32 Å². The number of rotatable bonds is 7. The number of carbonyl (C=O) groups excluding carboxylic acids is 1. The van der Waals surface area contributed by atoms with Crippen LogP contribution in [0.15, 0.2) is 77.7 Å². The largest absolute Gasteiger partial charge is 0.416 e. The number of nitrogens with one attached hydrogen (secondary N) is 2. The molecule has 6 nitrogen and oxygen atoms in total. The van der Waals surface area contributed by atoms with Crippen molar-refractivity contribution in [3.8, 4) is 0 Å². The first kappa shape index (κ1) is 27.9. The monoisotopic (exact) mass is 549 g/mol. The molecule has 3 aromatic carbocycles. The number of halogens is 7. The van der Waals surface area contributed by atoms with Gasteiger partial charge in [-0.1, -0.05) is 12.1 Å². The summed E-state index contributed by atoms with van der Waals surface area (Å²) in [5.41, 5.74) is -2.34. The van der Waals surface area contributed by atoms with Gasteiger partial charge in [-0.25, -0.2) is 22.3 Å². The average molecular weight is 549 g/mol. The molecule has 0 aliphatic rings. The van der Waals surface area contributed by atoms with Crippen molar-refractivity contribution in [1.29, 1.82) is 0 Å². The number of benzene rings is 3. The molecule has 0 saturated heterocycles. The van der Waals surface area contributed by atoms with Gasteiger partial charge in [0.2, 0.25) is 10.0 Å². The number of sulfonamides is 1. The molecule has 2 N–H and O–H groups in total. The van der Waals surface area contributed by atoms with Gasteiger partial charge in [0.25, 0.3) is 0 Å². The Balaban J connectivity index is 1.79. The molecule has 198 valence electrons. The van der Waals surface area contributed by atoms with E-state index >= 15 is 0 Å². The molecule has 0 saturated carbocycles. The van der Waals surface area contributed by atoms with Crippen LogP contribution < -0.4 is 14.9 Å². The third-order valence-electron chi connectivity index (χ3n) is 4.92. The summed E-state index contributed by atoms with van der Waals surface area (Å²) in [5.74, 6) is -0.646. The molecule has 0 heterocycles. The summed E-state index contributed by atoms with van der Waals surface area (Å²) in [6.45, 7) is -0.902. The predicted molar refractivity (Wildman–Crippen MR) is 121 cm³/mol. The lowest BCUT2D eigenvalue weighted by molar-refractivity contribution is -0.138. The van der Waals surface area contributed by atoms with E-state index in [1.165, 1.54) is 18.2 Å². The van der Waals surface area contributed by atoms with Gasteiger partial charge in [0.1, 0.15) is 5.82 Å². The van der Waals surface area contributed by atoms with Crippen LogP contribution in [0.1, 0.15) is 11.1 Å². The summed E-state index contributed by atoms with van der Waals surface area (Å²) >= 11 is 0. The Bertz CT molecular complexity index is 1360. The van der Waals surface area contributed by atoms with Crippen LogP contribution in [0, 0.1) is 5.82 Å². The van der Waals surface area contributed by atoms with Crippen LogP contribution in [-0.2, 0) is 22.4 Å². The normalized spacial score (nSPS) is 12.3. The van der Waals surface area contributed by atoms with E-state index in [2.05, 4.69) is 10.0 Å². The molecule has 3 aromatic rings. The highest BCUT2D eigenvalue weighted by Crippen LogP contribution is 2.31. The summed E-state index contributed by atoms with van der Waals surface area (Å²) in [6, 6.07) is 10.2. The molecule has 2 amide bonds. The number of hydrogen-bond acceptors (Lipinski definition) is 3. The first-order valence-electron chi connectivity index (χ1n) is 10.3. The van der Waals surface area contributed by atoms with Crippen LogP contribution in [0.4, 0.5) is 46.9 Å². The van der Waals surface area contributed by atoms with E-state index in [4.69, 9.17) is 0 Å². The number of nitrogens with zero attached hydrogens (tertiary/aromatic N) is 1. The maximum atomic E-state index is 13.4. The van der Waals surface area contributed by atoms with Crippen molar-refractivity contribution in [1.82, 2.24) is 4.72 Å². The van der Waals surface area contributed by atoms with E-state index < -0.39 is 63.3 Å². The molecule has 14 heteroatoms. The smallest absolute Gasteiger partial charge is 0.308 e. The fraction of sp³-hybridized carbons (Fsp3) is 0.174. The summed E-state index contributed by atoms with van der Waals surface area (Å²) in [5, 5.41) is 2.26. The molecule has 0 unspecified atom stereocenters. The Labute approximate surface area is 206 Å². The van der Waals surface area contributed by atoms with E-state index in [0.717, 1.165) is 41.3 Å². The average Bonchev–Trinajstić information content (AvgIpc) is 2.82. The minimum atomic E-state index is -4.77. The van der Waals surface area contributed by atoms with Gasteiger partial charge in [-0.15, -0.1) is 0 Å². The van der Waals surface area contributed by atoms with Gasteiger partial charge >= 0.3 is 18.4 Å². The van der Waals surface area contributed by atoms with Crippen molar-refractivity contribution in [2.24, 2.45) is 0 Å². The zero-order valence-electron chi connectivity index (χ0n) is 18.6. The molecule has 0 radical (unpaired) electrons. The molecule has 0 bridgehead atoms. The second kappa shape index (κ2) is 10.8. The van der Waals surface area contributed by atoms with E-state index in [9.17, 15) is 43.9 Å².